The lowest BCUT2D eigenvalue weighted by Gasteiger charge is -2.14. The van der Waals surface area contributed by atoms with Gasteiger partial charge in [0.15, 0.2) is 0 Å². The number of aryl methyl sites for hydroxylation is 3. The molecule has 4 heteroatoms. The summed E-state index contributed by atoms with van der Waals surface area (Å²) in [4.78, 5) is 20.2. The predicted molar refractivity (Wildman–Crippen MR) is 114 cm³/mol. The van der Waals surface area contributed by atoms with Gasteiger partial charge >= 0.3 is 0 Å². The number of aromatic nitrogens is 2. The van der Waals surface area contributed by atoms with Gasteiger partial charge in [-0.2, -0.15) is 0 Å². The summed E-state index contributed by atoms with van der Waals surface area (Å²) in [5, 5.41) is 0.899. The number of aromatic amines is 1. The summed E-state index contributed by atoms with van der Waals surface area (Å²) in [6.45, 7) is 5.93. The van der Waals surface area contributed by atoms with E-state index in [1.165, 1.54) is 5.56 Å². The highest BCUT2D eigenvalue weighted by Gasteiger charge is 2.16. The molecule has 0 unspecified atom stereocenters. The van der Waals surface area contributed by atoms with E-state index in [1.807, 2.05) is 38.2 Å². The highest BCUT2D eigenvalue weighted by atomic mass is 16.5. The number of rotatable bonds is 3. The van der Waals surface area contributed by atoms with Gasteiger partial charge in [0, 0.05) is 34.0 Å². The van der Waals surface area contributed by atoms with Crippen molar-refractivity contribution in [3.8, 4) is 28.0 Å². The van der Waals surface area contributed by atoms with E-state index >= 15 is 0 Å². The Morgan fingerprint density at radius 2 is 1.64 bits per heavy atom. The summed E-state index contributed by atoms with van der Waals surface area (Å²) in [5.41, 5.74) is 7.18. The van der Waals surface area contributed by atoms with E-state index in [1.54, 1.807) is 7.11 Å². The van der Waals surface area contributed by atoms with E-state index in [4.69, 9.17) is 9.72 Å². The number of ether oxygens (including phenoxy) is 1. The Balaban J connectivity index is 2.00. The predicted octanol–water partition coefficient (Wildman–Crippen LogP) is 5.19. The molecule has 28 heavy (non-hydrogen) atoms. The largest absolute Gasteiger partial charge is 0.496 e. The summed E-state index contributed by atoms with van der Waals surface area (Å²) in [5.74, 6) is 0.781. The van der Waals surface area contributed by atoms with Crippen LogP contribution in [0.2, 0.25) is 0 Å². The molecule has 1 N–H and O–H groups in total. The smallest absolute Gasteiger partial charge is 0.256 e. The maximum absolute atomic E-state index is 12.6. The van der Waals surface area contributed by atoms with Gasteiger partial charge in [0.2, 0.25) is 0 Å². The van der Waals surface area contributed by atoms with Gasteiger partial charge in [-0.3, -0.25) is 9.78 Å². The van der Waals surface area contributed by atoms with E-state index in [-0.39, 0.29) is 5.56 Å². The van der Waals surface area contributed by atoms with E-state index in [2.05, 4.69) is 42.2 Å². The van der Waals surface area contributed by atoms with Crippen LogP contribution in [0.4, 0.5) is 0 Å². The fraction of sp³-hybridized carbons (Fsp3) is 0.167. The number of pyridine rings is 2. The molecular weight excluding hydrogens is 348 g/mol. The Morgan fingerprint density at radius 1 is 0.893 bits per heavy atom. The quantitative estimate of drug-likeness (QED) is 0.540. The van der Waals surface area contributed by atoms with Crippen LogP contribution in [0.1, 0.15) is 16.8 Å². The number of hydrogen-bond acceptors (Lipinski definition) is 3. The van der Waals surface area contributed by atoms with Crippen LogP contribution in [-0.2, 0) is 0 Å². The molecule has 4 aromatic rings. The Bertz CT molecular complexity index is 1240. The van der Waals surface area contributed by atoms with E-state index in [9.17, 15) is 4.79 Å². The molecule has 2 aromatic heterocycles. The number of H-pyrrole nitrogens is 1. The fourth-order valence-electron chi connectivity index (χ4n) is 3.58. The SMILES string of the molecule is COc1c(C)cc(-c2ccc(C)[nH]c2=O)c2ncc(-c3ccc(C)cc3)cc12. The molecule has 140 valence electrons. The number of fused-ring (bicyclic) bond motifs is 1. The minimum Gasteiger partial charge on any atom is -0.496 e. The highest BCUT2D eigenvalue weighted by Crippen LogP contribution is 2.37. The van der Waals surface area contributed by atoms with Crippen LogP contribution in [0.25, 0.3) is 33.2 Å². The summed E-state index contributed by atoms with van der Waals surface area (Å²) in [7, 11) is 1.67. The first-order valence-corrected chi connectivity index (χ1v) is 9.22. The molecule has 0 aliphatic rings. The van der Waals surface area contributed by atoms with Gasteiger partial charge in [-0.25, -0.2) is 0 Å². The topological polar surface area (TPSA) is 55.0 Å². The maximum atomic E-state index is 12.6. The van der Waals surface area contributed by atoms with Gasteiger partial charge in [0.1, 0.15) is 5.75 Å². The second-order valence-corrected chi connectivity index (χ2v) is 7.14. The molecule has 0 saturated carbocycles. The zero-order valence-electron chi connectivity index (χ0n) is 16.5. The minimum atomic E-state index is -0.115. The molecule has 0 fully saturated rings. The molecule has 0 spiro atoms. The van der Waals surface area contributed by atoms with Crippen LogP contribution in [0, 0.1) is 20.8 Å². The molecule has 0 radical (unpaired) electrons. The molecule has 2 aromatic carbocycles. The second-order valence-electron chi connectivity index (χ2n) is 7.14. The average molecular weight is 370 g/mol. The third kappa shape index (κ3) is 3.07. The first-order valence-electron chi connectivity index (χ1n) is 9.22. The summed E-state index contributed by atoms with van der Waals surface area (Å²) < 4.78 is 5.68. The fourth-order valence-corrected chi connectivity index (χ4v) is 3.58. The van der Waals surface area contributed by atoms with Gasteiger partial charge in [0.25, 0.3) is 5.56 Å². The Labute approximate surface area is 163 Å². The summed E-state index contributed by atoms with van der Waals surface area (Å²) in [6.07, 6.45) is 1.85. The second kappa shape index (κ2) is 6.97. The van der Waals surface area contributed by atoms with E-state index in [0.717, 1.165) is 44.6 Å². The molecule has 0 amide bonds. The van der Waals surface area contributed by atoms with Crippen molar-refractivity contribution < 1.29 is 4.74 Å². The Hall–Kier alpha value is -3.40. The molecule has 0 bridgehead atoms. The van der Waals surface area contributed by atoms with E-state index in [0.29, 0.717) is 5.56 Å². The minimum absolute atomic E-state index is 0.115. The normalized spacial score (nSPS) is 11.0. The first-order chi connectivity index (χ1) is 13.5. The van der Waals surface area contributed by atoms with Gasteiger partial charge in [-0.15, -0.1) is 0 Å². The molecule has 4 nitrogen and oxygen atoms in total. The van der Waals surface area contributed by atoms with Crippen molar-refractivity contribution in [3.63, 3.8) is 0 Å². The van der Waals surface area contributed by atoms with Crippen LogP contribution in [0.15, 0.2) is 59.5 Å². The van der Waals surface area contributed by atoms with Gasteiger partial charge in [-0.1, -0.05) is 29.8 Å². The van der Waals surface area contributed by atoms with Gasteiger partial charge in [0.05, 0.1) is 12.6 Å². The van der Waals surface area contributed by atoms with Crippen molar-refractivity contribution in [1.29, 1.82) is 0 Å². The average Bonchev–Trinajstić information content (AvgIpc) is 2.68. The van der Waals surface area contributed by atoms with Crippen molar-refractivity contribution in [2.24, 2.45) is 0 Å². The molecule has 0 atom stereocenters. The third-order valence-electron chi connectivity index (χ3n) is 5.04. The molecule has 4 rings (SSSR count). The number of benzene rings is 2. The molecule has 0 saturated heterocycles. The number of nitrogens with one attached hydrogen (secondary N) is 1. The van der Waals surface area contributed by atoms with Crippen molar-refractivity contribution in [2.45, 2.75) is 20.8 Å². The Morgan fingerprint density at radius 3 is 2.32 bits per heavy atom. The summed E-state index contributed by atoms with van der Waals surface area (Å²) in [6, 6.07) is 16.2. The zero-order valence-corrected chi connectivity index (χ0v) is 16.5. The molecule has 0 aliphatic carbocycles. The van der Waals surface area contributed by atoms with E-state index < -0.39 is 0 Å². The standard InChI is InChI=1S/C24H22N2O2/c1-14-5-8-17(9-6-14)18-12-21-22(25-13-18)20(11-15(2)23(21)28-4)19-10-7-16(3)26-24(19)27/h5-13H,1-4H3,(H,26,27). The first kappa shape index (κ1) is 18.0. The third-order valence-corrected chi connectivity index (χ3v) is 5.04. The highest BCUT2D eigenvalue weighted by molar-refractivity contribution is 6.00. The van der Waals surface area contributed by atoms with Crippen LogP contribution in [0.5, 0.6) is 5.75 Å². The molecule has 2 heterocycles. The summed E-state index contributed by atoms with van der Waals surface area (Å²) >= 11 is 0. The number of nitrogens with zero attached hydrogens (tertiary/aromatic N) is 1. The monoisotopic (exact) mass is 370 g/mol. The van der Waals surface area contributed by atoms with Crippen molar-refractivity contribution in [2.75, 3.05) is 7.11 Å². The lowest BCUT2D eigenvalue weighted by molar-refractivity contribution is 0.417. The lowest BCUT2D eigenvalue weighted by Crippen LogP contribution is -2.10. The van der Waals surface area contributed by atoms with Crippen LogP contribution < -0.4 is 10.3 Å². The van der Waals surface area contributed by atoms with Crippen LogP contribution in [-0.4, -0.2) is 17.1 Å². The molecular formula is C24H22N2O2. The number of hydrogen-bond donors (Lipinski definition) is 1. The van der Waals surface area contributed by atoms with Crippen molar-refractivity contribution in [1.82, 2.24) is 9.97 Å². The molecule has 0 aliphatic heterocycles. The van der Waals surface area contributed by atoms with Gasteiger partial charge < -0.3 is 9.72 Å². The zero-order chi connectivity index (χ0) is 19.8. The van der Waals surface area contributed by atoms with Gasteiger partial charge in [-0.05, 0) is 56.2 Å². The van der Waals surface area contributed by atoms with Crippen LogP contribution >= 0.6 is 0 Å². The van der Waals surface area contributed by atoms with Crippen molar-refractivity contribution in [3.05, 3.63) is 81.9 Å². The van der Waals surface area contributed by atoms with Crippen molar-refractivity contribution >= 4 is 10.9 Å². The lowest BCUT2D eigenvalue weighted by atomic mass is 9.97. The maximum Gasteiger partial charge on any atom is 0.256 e. The van der Waals surface area contributed by atoms with Crippen LogP contribution in [0.3, 0.4) is 0 Å². The Kier molecular flexibility index (Phi) is 4.47. The number of methoxy groups -OCH3 is 1.